The molecule has 1 unspecified atom stereocenters. The first-order valence-corrected chi connectivity index (χ1v) is 11.7. The van der Waals surface area contributed by atoms with Crippen molar-refractivity contribution in [1.82, 2.24) is 15.1 Å². The molecule has 0 spiro atoms. The molecule has 35 heavy (non-hydrogen) atoms. The predicted molar refractivity (Wildman–Crippen MR) is 136 cm³/mol. The van der Waals surface area contributed by atoms with E-state index in [4.69, 9.17) is 9.47 Å². The number of fused-ring (bicyclic) bond motifs is 1. The zero-order chi connectivity index (χ0) is 24.6. The van der Waals surface area contributed by atoms with Gasteiger partial charge in [0.05, 0.1) is 18.8 Å². The number of aromatic nitrogens is 2. The van der Waals surface area contributed by atoms with Gasteiger partial charge in [-0.2, -0.15) is 5.10 Å². The summed E-state index contributed by atoms with van der Waals surface area (Å²) in [5.74, 6) is 1.22. The van der Waals surface area contributed by atoms with Crippen molar-refractivity contribution in [1.29, 1.82) is 0 Å². The van der Waals surface area contributed by atoms with Gasteiger partial charge >= 0.3 is 0 Å². The lowest BCUT2D eigenvalue weighted by atomic mass is 9.93. The first kappa shape index (κ1) is 22.7. The summed E-state index contributed by atoms with van der Waals surface area (Å²) in [6, 6.07) is 25.5. The van der Waals surface area contributed by atoms with Crippen LogP contribution < -0.4 is 9.47 Å². The van der Waals surface area contributed by atoms with Gasteiger partial charge in [-0.1, -0.05) is 66.7 Å². The third-order valence-corrected chi connectivity index (χ3v) is 6.28. The lowest BCUT2D eigenvalue weighted by Crippen LogP contribution is -2.44. The highest BCUT2D eigenvalue weighted by Crippen LogP contribution is 2.47. The Bertz CT molecular complexity index is 1340. The van der Waals surface area contributed by atoms with Crippen LogP contribution in [0, 0.1) is 0 Å². The minimum Gasteiger partial charge on any atom is -0.493 e. The predicted octanol–water partition coefficient (Wildman–Crippen LogP) is 6.01. The Morgan fingerprint density at radius 1 is 0.943 bits per heavy atom. The maximum Gasteiger partial charge on any atom is 0.273 e. The van der Waals surface area contributed by atoms with Crippen molar-refractivity contribution in [2.45, 2.75) is 39.0 Å². The Labute approximate surface area is 205 Å². The molecule has 1 aliphatic rings. The van der Waals surface area contributed by atoms with Crippen molar-refractivity contribution in [3.63, 3.8) is 0 Å². The number of nitrogens with zero attached hydrogens (tertiary/aromatic N) is 2. The number of methoxy groups -OCH3 is 1. The van der Waals surface area contributed by atoms with E-state index in [-0.39, 0.29) is 11.9 Å². The number of nitrogens with one attached hydrogen (secondary N) is 1. The van der Waals surface area contributed by atoms with Crippen LogP contribution in [-0.4, -0.2) is 33.7 Å². The lowest BCUT2D eigenvalue weighted by Gasteiger charge is -2.38. The largest absolute Gasteiger partial charge is 0.493 e. The van der Waals surface area contributed by atoms with E-state index in [2.05, 4.69) is 10.2 Å². The fourth-order valence-electron chi connectivity index (χ4n) is 4.68. The van der Waals surface area contributed by atoms with E-state index in [1.807, 2.05) is 105 Å². The van der Waals surface area contributed by atoms with Crippen LogP contribution in [0.2, 0.25) is 0 Å². The molecule has 1 N–H and O–H groups in total. The van der Waals surface area contributed by atoms with Gasteiger partial charge < -0.3 is 14.4 Å². The van der Waals surface area contributed by atoms with E-state index in [1.165, 1.54) is 0 Å². The Balaban J connectivity index is 1.57. The summed E-state index contributed by atoms with van der Waals surface area (Å²) in [5, 5.41) is 7.56. The Morgan fingerprint density at radius 3 is 2.29 bits per heavy atom. The van der Waals surface area contributed by atoms with E-state index in [1.54, 1.807) is 7.11 Å². The number of aromatic amines is 1. The molecule has 178 valence electrons. The second-order valence-corrected chi connectivity index (χ2v) is 9.66. The second-order valence-electron chi connectivity index (χ2n) is 9.66. The second kappa shape index (κ2) is 8.95. The molecule has 4 aromatic rings. The summed E-state index contributed by atoms with van der Waals surface area (Å²) >= 11 is 0. The summed E-state index contributed by atoms with van der Waals surface area (Å²) in [4.78, 5) is 15.5. The highest BCUT2D eigenvalue weighted by Gasteiger charge is 2.46. The Morgan fingerprint density at radius 2 is 1.63 bits per heavy atom. The molecule has 1 aliphatic heterocycles. The van der Waals surface area contributed by atoms with Gasteiger partial charge in [-0.05, 0) is 44.0 Å². The zero-order valence-corrected chi connectivity index (χ0v) is 20.4. The highest BCUT2D eigenvalue weighted by molar-refractivity contribution is 6.00. The first-order valence-electron chi connectivity index (χ1n) is 11.7. The summed E-state index contributed by atoms with van der Waals surface area (Å²) < 4.78 is 11.8. The molecule has 6 heteroatoms. The molecule has 0 radical (unpaired) electrons. The van der Waals surface area contributed by atoms with Crippen LogP contribution in [0.15, 0.2) is 78.9 Å². The van der Waals surface area contributed by atoms with Crippen LogP contribution in [0.4, 0.5) is 0 Å². The fourth-order valence-corrected chi connectivity index (χ4v) is 4.68. The number of amides is 1. The summed E-state index contributed by atoms with van der Waals surface area (Å²) in [6.45, 7) is 6.59. The molecule has 1 aromatic heterocycles. The standard InChI is InChI=1S/C29H29N3O3/c1-29(2,3)32-27(24-25(20-13-9-6-10-14-20)30-31-26(24)28(32)33)21-15-16-22(23(17-21)34-4)35-18-19-11-7-5-8-12-19/h5-17,27H,18H2,1-4H3,(H,30,31). The molecule has 0 bridgehead atoms. The third-order valence-electron chi connectivity index (χ3n) is 6.28. The average molecular weight is 468 g/mol. The number of hydrogen-bond acceptors (Lipinski definition) is 4. The maximum atomic E-state index is 13.6. The van der Waals surface area contributed by atoms with E-state index >= 15 is 0 Å². The van der Waals surface area contributed by atoms with Crippen molar-refractivity contribution in [2.24, 2.45) is 0 Å². The molecule has 1 atom stereocenters. The number of carbonyl (C=O) groups is 1. The molecule has 6 nitrogen and oxygen atoms in total. The lowest BCUT2D eigenvalue weighted by molar-refractivity contribution is 0.0545. The fraction of sp³-hybridized carbons (Fsp3) is 0.241. The van der Waals surface area contributed by atoms with Gasteiger partial charge in [0, 0.05) is 16.7 Å². The van der Waals surface area contributed by atoms with Gasteiger partial charge in [-0.15, -0.1) is 0 Å². The normalized spacial score (nSPS) is 15.3. The van der Waals surface area contributed by atoms with E-state index in [0.717, 1.165) is 27.9 Å². The van der Waals surface area contributed by atoms with Crippen LogP contribution in [0.25, 0.3) is 11.3 Å². The molecule has 3 aromatic carbocycles. The molecule has 0 saturated heterocycles. The van der Waals surface area contributed by atoms with Crippen LogP contribution in [0.5, 0.6) is 11.5 Å². The maximum absolute atomic E-state index is 13.6. The van der Waals surface area contributed by atoms with Crippen molar-refractivity contribution >= 4 is 5.91 Å². The molecular formula is C29H29N3O3. The minimum absolute atomic E-state index is 0.0597. The summed E-state index contributed by atoms with van der Waals surface area (Å²) in [6.07, 6.45) is 0. The van der Waals surface area contributed by atoms with E-state index in [0.29, 0.717) is 23.8 Å². The van der Waals surface area contributed by atoms with E-state index < -0.39 is 5.54 Å². The number of ether oxygens (including phenoxy) is 2. The number of H-pyrrole nitrogens is 1. The number of benzene rings is 3. The Hall–Kier alpha value is -4.06. The molecule has 0 saturated carbocycles. The Kier molecular flexibility index (Phi) is 5.81. The van der Waals surface area contributed by atoms with Crippen LogP contribution in [0.1, 0.15) is 54.0 Å². The molecule has 2 heterocycles. The first-order chi connectivity index (χ1) is 16.9. The minimum atomic E-state index is -0.411. The van der Waals surface area contributed by atoms with E-state index in [9.17, 15) is 4.79 Å². The smallest absolute Gasteiger partial charge is 0.273 e. The quantitative estimate of drug-likeness (QED) is 0.377. The molecular weight excluding hydrogens is 438 g/mol. The third kappa shape index (κ3) is 4.16. The molecule has 1 amide bonds. The molecule has 0 aliphatic carbocycles. The number of hydrogen-bond donors (Lipinski definition) is 1. The van der Waals surface area contributed by atoms with Gasteiger partial charge in [-0.25, -0.2) is 0 Å². The van der Waals surface area contributed by atoms with Crippen molar-refractivity contribution in [2.75, 3.05) is 7.11 Å². The van der Waals surface area contributed by atoms with Gasteiger partial charge in [-0.3, -0.25) is 9.89 Å². The summed E-state index contributed by atoms with van der Waals surface area (Å²) in [7, 11) is 1.63. The highest BCUT2D eigenvalue weighted by atomic mass is 16.5. The van der Waals surface area contributed by atoms with Crippen LogP contribution in [-0.2, 0) is 6.61 Å². The number of carbonyl (C=O) groups excluding carboxylic acids is 1. The topological polar surface area (TPSA) is 67.5 Å². The molecule has 0 fully saturated rings. The van der Waals surface area contributed by atoms with Crippen LogP contribution in [0.3, 0.4) is 0 Å². The number of rotatable bonds is 6. The zero-order valence-electron chi connectivity index (χ0n) is 20.4. The van der Waals surface area contributed by atoms with Gasteiger partial charge in [0.1, 0.15) is 12.3 Å². The van der Waals surface area contributed by atoms with Gasteiger partial charge in [0.25, 0.3) is 5.91 Å². The van der Waals surface area contributed by atoms with Crippen LogP contribution >= 0.6 is 0 Å². The van der Waals surface area contributed by atoms with Gasteiger partial charge in [0.2, 0.25) is 0 Å². The SMILES string of the molecule is COc1cc(C2c3c(-c4ccccc4)n[nH]c3C(=O)N2C(C)(C)C)ccc1OCc1ccccc1. The average Bonchev–Trinajstić information content (AvgIpc) is 3.42. The monoisotopic (exact) mass is 467 g/mol. The van der Waals surface area contributed by atoms with Crippen molar-refractivity contribution < 1.29 is 14.3 Å². The van der Waals surface area contributed by atoms with Crippen molar-refractivity contribution in [3.05, 3.63) is 101 Å². The summed E-state index contributed by atoms with van der Waals surface area (Å²) in [5.41, 5.74) is 4.78. The van der Waals surface area contributed by atoms with Gasteiger partial charge in [0.15, 0.2) is 11.5 Å². The molecule has 5 rings (SSSR count). The van der Waals surface area contributed by atoms with Crippen molar-refractivity contribution in [3.8, 4) is 22.8 Å².